The van der Waals surface area contributed by atoms with Gasteiger partial charge in [0.1, 0.15) is 0 Å². The fourth-order valence-corrected chi connectivity index (χ4v) is 15.2. The van der Waals surface area contributed by atoms with E-state index in [1.54, 1.807) is 0 Å². The highest BCUT2D eigenvalue weighted by atomic mass is 127. The first-order valence-electron chi connectivity index (χ1n) is 32.8. The summed E-state index contributed by atoms with van der Waals surface area (Å²) < 4.78 is 8.32. The van der Waals surface area contributed by atoms with Gasteiger partial charge < -0.3 is 9.13 Å². The van der Waals surface area contributed by atoms with E-state index in [0.29, 0.717) is 34.9 Å². The number of aromatic nitrogens is 8. The molecule has 13 rings (SSSR count). The average molecular weight is 1530 g/mol. The fraction of sp³-hybridized carbons (Fsp3) is 0.250. The van der Waals surface area contributed by atoms with Crippen LogP contribution in [-0.2, 0) is 32.1 Å². The van der Waals surface area contributed by atoms with E-state index in [1.807, 2.05) is 0 Å². The first-order chi connectivity index (χ1) is 44.6. The molecule has 4 heterocycles. The molecule has 91 heavy (non-hydrogen) atoms. The molecule has 0 bridgehead atoms. The lowest BCUT2D eigenvalue weighted by atomic mass is 9.98. The van der Waals surface area contributed by atoms with Gasteiger partial charge in [-0.1, -0.05) is 127 Å². The van der Waals surface area contributed by atoms with Crippen LogP contribution < -0.4 is 0 Å². The molecule has 8 nitrogen and oxygen atoms in total. The van der Waals surface area contributed by atoms with E-state index in [4.69, 9.17) is 29.9 Å². The second kappa shape index (κ2) is 28.3. The number of hydrogen-bond donors (Lipinski definition) is 0. The van der Waals surface area contributed by atoms with Crippen LogP contribution in [0.5, 0.6) is 0 Å². The number of rotatable bonds is 23. The predicted octanol–water partition coefficient (Wildman–Crippen LogP) is 22.8. The summed E-state index contributed by atoms with van der Waals surface area (Å²) in [7, 11) is 0. The Hall–Kier alpha value is -7.21. The highest BCUT2D eigenvalue weighted by molar-refractivity contribution is 14.1. The molecule has 13 aromatic rings. The van der Waals surface area contributed by atoms with Gasteiger partial charge in [-0.05, 0) is 281 Å². The third-order valence-corrected chi connectivity index (χ3v) is 19.4. The standard InChI is InChI=1S/C80H75I3N8/c1-6-11-23-51-36-52(24-12-7-2)38-57(37-51)76-86-79(60-41-55(27-15-10-5)44-63(83)47-60)89-80(88-76)69-48-56(75-84-77(58-39-53(25-13-8-3)42-61(81)45-58)87-78(85-75)59-40-54(26-14-9-4)43-62(82)46-59)34-35-72(69)91-71-33-22-20-31-66(71)68-49-67-65-30-19-21-32-70(65)90(73(67)50-74(68)91)64-28-17-16-18-29-64/h16-22,28-50H,6-15,23-27H2,1-5H3. The van der Waals surface area contributed by atoms with Crippen LogP contribution >= 0.6 is 67.8 Å². The topological polar surface area (TPSA) is 87.2 Å². The molecule has 0 aliphatic heterocycles. The predicted molar refractivity (Wildman–Crippen MR) is 406 cm³/mol. The van der Waals surface area contributed by atoms with E-state index in [2.05, 4.69) is 294 Å². The molecule has 0 spiro atoms. The van der Waals surface area contributed by atoms with Crippen LogP contribution in [0.25, 0.3) is 123 Å². The summed E-state index contributed by atoms with van der Waals surface area (Å²) in [6.45, 7) is 11.3. The van der Waals surface area contributed by atoms with Crippen molar-refractivity contribution in [1.29, 1.82) is 0 Å². The van der Waals surface area contributed by atoms with Crippen molar-refractivity contribution in [1.82, 2.24) is 39.0 Å². The Labute approximate surface area is 576 Å². The van der Waals surface area contributed by atoms with Crippen LogP contribution in [0.1, 0.15) is 127 Å². The van der Waals surface area contributed by atoms with Crippen molar-refractivity contribution in [3.8, 4) is 79.7 Å². The summed E-state index contributed by atoms with van der Waals surface area (Å²) in [6.07, 6.45) is 16.0. The molecule has 0 saturated heterocycles. The highest BCUT2D eigenvalue weighted by Crippen LogP contribution is 2.43. The second-order valence-corrected chi connectivity index (χ2v) is 28.1. The van der Waals surface area contributed by atoms with E-state index in [0.717, 1.165) is 185 Å². The van der Waals surface area contributed by atoms with Crippen molar-refractivity contribution in [2.24, 2.45) is 0 Å². The molecule has 0 N–H and O–H groups in total. The summed E-state index contributed by atoms with van der Waals surface area (Å²) in [5.41, 5.74) is 18.5. The fourth-order valence-electron chi connectivity index (χ4n) is 13.0. The molecule has 0 unspecified atom stereocenters. The first-order valence-corrected chi connectivity index (χ1v) is 36.0. The normalized spacial score (nSPS) is 11.7. The van der Waals surface area contributed by atoms with Gasteiger partial charge in [-0.25, -0.2) is 29.9 Å². The van der Waals surface area contributed by atoms with E-state index in [9.17, 15) is 0 Å². The third kappa shape index (κ3) is 13.5. The lowest BCUT2D eigenvalue weighted by Gasteiger charge is -2.17. The Morgan fingerprint density at radius 3 is 1.09 bits per heavy atom. The van der Waals surface area contributed by atoms with Gasteiger partial charge in [0.15, 0.2) is 34.9 Å². The highest BCUT2D eigenvalue weighted by Gasteiger charge is 2.25. The smallest absolute Gasteiger partial charge is 0.166 e. The third-order valence-electron chi connectivity index (χ3n) is 17.5. The second-order valence-electron chi connectivity index (χ2n) is 24.4. The minimum absolute atomic E-state index is 0.566. The van der Waals surface area contributed by atoms with Crippen molar-refractivity contribution < 1.29 is 0 Å². The zero-order valence-electron chi connectivity index (χ0n) is 52.6. The van der Waals surface area contributed by atoms with Gasteiger partial charge in [0.05, 0.1) is 27.8 Å². The Balaban J connectivity index is 1.13. The van der Waals surface area contributed by atoms with Gasteiger partial charge in [0, 0.05) is 71.3 Å². The molecule has 4 aromatic heterocycles. The van der Waals surface area contributed by atoms with Crippen LogP contribution in [0, 0.1) is 10.7 Å². The van der Waals surface area contributed by atoms with Crippen LogP contribution in [0.4, 0.5) is 0 Å². The minimum atomic E-state index is 0.566. The average Bonchev–Trinajstić information content (AvgIpc) is 1.54. The number of para-hydroxylation sites is 3. The van der Waals surface area contributed by atoms with E-state index in [-0.39, 0.29) is 0 Å². The molecule has 0 radical (unpaired) electrons. The molecule has 0 saturated carbocycles. The van der Waals surface area contributed by atoms with Gasteiger partial charge in [0.25, 0.3) is 0 Å². The van der Waals surface area contributed by atoms with Crippen molar-refractivity contribution in [2.45, 2.75) is 131 Å². The molecular formula is C80H75I3N8. The van der Waals surface area contributed by atoms with Crippen LogP contribution in [-0.4, -0.2) is 39.0 Å². The van der Waals surface area contributed by atoms with Crippen LogP contribution in [0.2, 0.25) is 0 Å². The Bertz CT molecular complexity index is 4710. The number of hydrogen-bond acceptors (Lipinski definition) is 6. The molecule has 9 aromatic carbocycles. The maximum absolute atomic E-state index is 5.76. The van der Waals surface area contributed by atoms with Crippen molar-refractivity contribution >= 4 is 111 Å². The molecule has 0 amide bonds. The largest absolute Gasteiger partial charge is 0.309 e. The molecular weight excluding hydrogens is 1450 g/mol. The number of halogens is 3. The number of unbranched alkanes of at least 4 members (excludes halogenated alkanes) is 5. The van der Waals surface area contributed by atoms with E-state index >= 15 is 0 Å². The molecule has 11 heteroatoms. The molecule has 0 atom stereocenters. The van der Waals surface area contributed by atoms with E-state index in [1.165, 1.54) is 38.6 Å². The van der Waals surface area contributed by atoms with Gasteiger partial charge in [-0.2, -0.15) is 0 Å². The lowest BCUT2D eigenvalue weighted by Crippen LogP contribution is -2.06. The molecule has 456 valence electrons. The number of fused-ring (bicyclic) bond motifs is 6. The van der Waals surface area contributed by atoms with Crippen LogP contribution in [0.15, 0.2) is 182 Å². The number of nitrogens with zero attached hydrogens (tertiary/aromatic N) is 8. The maximum atomic E-state index is 5.76. The van der Waals surface area contributed by atoms with Crippen molar-refractivity contribution in [2.75, 3.05) is 0 Å². The quantitative estimate of drug-likeness (QED) is 0.0593. The SMILES string of the molecule is CCCCc1cc(I)cc(-c2nc(-c3cc(I)cc(CCCC)c3)nc(-c3ccc(-n4c5ccccc5c5cc6c7ccccc7n(-c7ccccc7)c6cc54)c(-c4nc(-c5cc(I)cc(CCCC)c5)nc(-c5cc(CCCC)cc(CCCC)c5)n4)c3)n2)c1. The molecule has 0 aliphatic carbocycles. The number of aryl methyl sites for hydroxylation is 5. The summed E-state index contributed by atoms with van der Waals surface area (Å²) in [4.78, 5) is 33.5. The minimum Gasteiger partial charge on any atom is -0.309 e. The molecule has 0 aliphatic rings. The van der Waals surface area contributed by atoms with Crippen molar-refractivity contribution in [3.05, 3.63) is 221 Å². The zero-order chi connectivity index (χ0) is 62.5. The van der Waals surface area contributed by atoms with Crippen LogP contribution in [0.3, 0.4) is 0 Å². The van der Waals surface area contributed by atoms with Gasteiger partial charge in [-0.3, -0.25) is 0 Å². The maximum Gasteiger partial charge on any atom is 0.166 e. The summed E-state index contributed by atoms with van der Waals surface area (Å²) in [6, 6.07) is 67.4. The summed E-state index contributed by atoms with van der Waals surface area (Å²) in [5, 5.41) is 4.72. The zero-order valence-corrected chi connectivity index (χ0v) is 59.1. The first kappa shape index (κ1) is 62.6. The Kier molecular flexibility index (Phi) is 19.5. The Morgan fingerprint density at radius 1 is 0.286 bits per heavy atom. The molecule has 0 fully saturated rings. The lowest BCUT2D eigenvalue weighted by molar-refractivity contribution is 0.780. The van der Waals surface area contributed by atoms with Crippen molar-refractivity contribution in [3.63, 3.8) is 0 Å². The van der Waals surface area contributed by atoms with Gasteiger partial charge in [-0.15, -0.1) is 0 Å². The summed E-state index contributed by atoms with van der Waals surface area (Å²) in [5.74, 6) is 3.70. The van der Waals surface area contributed by atoms with Gasteiger partial charge in [0.2, 0.25) is 0 Å². The Morgan fingerprint density at radius 2 is 0.648 bits per heavy atom. The summed E-state index contributed by atoms with van der Waals surface area (Å²) >= 11 is 7.39. The number of benzene rings is 9. The monoisotopic (exact) mass is 1530 g/mol. The van der Waals surface area contributed by atoms with Gasteiger partial charge >= 0.3 is 0 Å². The van der Waals surface area contributed by atoms with E-state index < -0.39 is 0 Å².